The summed E-state index contributed by atoms with van der Waals surface area (Å²) in [5, 5.41) is 10.7. The minimum absolute atomic E-state index is 0.433. The normalized spacial score (nSPS) is 28.6. The molecule has 1 saturated carbocycles. The van der Waals surface area contributed by atoms with Gasteiger partial charge < -0.3 is 5.11 Å². The Bertz CT molecular complexity index is 399. The molecule has 0 radical (unpaired) electrons. The molecule has 0 heterocycles. The van der Waals surface area contributed by atoms with Crippen LogP contribution in [0.15, 0.2) is 12.1 Å². The van der Waals surface area contributed by atoms with Gasteiger partial charge in [-0.25, -0.2) is 0 Å². The van der Waals surface area contributed by atoms with E-state index in [4.69, 9.17) is 0 Å². The van der Waals surface area contributed by atoms with Crippen molar-refractivity contribution in [2.75, 3.05) is 0 Å². The molecule has 2 unspecified atom stereocenters. The first kappa shape index (κ1) is 12.6. The van der Waals surface area contributed by atoms with E-state index in [1.807, 2.05) is 0 Å². The van der Waals surface area contributed by atoms with Crippen molar-refractivity contribution in [2.24, 2.45) is 5.92 Å². The van der Waals surface area contributed by atoms with Gasteiger partial charge in [0.25, 0.3) is 0 Å². The van der Waals surface area contributed by atoms with E-state index in [0.29, 0.717) is 5.92 Å². The van der Waals surface area contributed by atoms with E-state index in [0.717, 1.165) is 12.8 Å². The second-order valence-electron chi connectivity index (χ2n) is 5.95. The molecule has 17 heavy (non-hydrogen) atoms. The van der Waals surface area contributed by atoms with E-state index in [-0.39, 0.29) is 0 Å². The van der Waals surface area contributed by atoms with Gasteiger partial charge in [-0.15, -0.1) is 0 Å². The van der Waals surface area contributed by atoms with Crippen LogP contribution < -0.4 is 0 Å². The number of benzene rings is 1. The van der Waals surface area contributed by atoms with Crippen LogP contribution in [0.25, 0.3) is 0 Å². The van der Waals surface area contributed by atoms with Gasteiger partial charge in [0, 0.05) is 6.42 Å². The highest BCUT2D eigenvalue weighted by Gasteiger charge is 2.38. The zero-order valence-corrected chi connectivity index (χ0v) is 11.5. The third kappa shape index (κ3) is 2.40. The molecule has 0 spiro atoms. The Balaban J connectivity index is 2.30. The number of rotatable bonds is 2. The predicted octanol–water partition coefficient (Wildman–Crippen LogP) is 3.71. The summed E-state index contributed by atoms with van der Waals surface area (Å²) in [5.74, 6) is 0.433. The summed E-state index contributed by atoms with van der Waals surface area (Å²) >= 11 is 0. The summed E-state index contributed by atoms with van der Waals surface area (Å²) in [6, 6.07) is 4.45. The van der Waals surface area contributed by atoms with Gasteiger partial charge in [0.2, 0.25) is 0 Å². The monoisotopic (exact) mass is 232 g/mol. The van der Waals surface area contributed by atoms with Gasteiger partial charge in [-0.2, -0.15) is 0 Å². The molecule has 1 aliphatic rings. The van der Waals surface area contributed by atoms with Gasteiger partial charge in [-0.05, 0) is 56.2 Å². The Kier molecular flexibility index (Phi) is 3.31. The summed E-state index contributed by atoms with van der Waals surface area (Å²) in [6.45, 7) is 8.65. The molecule has 0 aromatic heterocycles. The van der Waals surface area contributed by atoms with Crippen LogP contribution in [0, 0.1) is 26.7 Å². The molecule has 0 saturated heterocycles. The van der Waals surface area contributed by atoms with Crippen molar-refractivity contribution in [3.05, 3.63) is 34.4 Å². The lowest BCUT2D eigenvalue weighted by molar-refractivity contribution is 0.00932. The highest BCUT2D eigenvalue weighted by Crippen LogP contribution is 2.38. The summed E-state index contributed by atoms with van der Waals surface area (Å²) in [5.41, 5.74) is 4.86. The molecule has 1 N–H and O–H groups in total. The molecule has 1 aliphatic carbocycles. The van der Waals surface area contributed by atoms with Crippen molar-refractivity contribution in [3.63, 3.8) is 0 Å². The summed E-state index contributed by atoms with van der Waals surface area (Å²) in [7, 11) is 0. The van der Waals surface area contributed by atoms with Crippen LogP contribution in [0.1, 0.15) is 48.4 Å². The SMILES string of the molecule is Cc1cc(C)c(CC2(O)CCCC2C)c(C)c1. The fraction of sp³-hybridized carbons (Fsp3) is 0.625. The molecule has 2 atom stereocenters. The molecule has 1 aromatic carbocycles. The molecule has 2 rings (SSSR count). The van der Waals surface area contributed by atoms with E-state index in [9.17, 15) is 5.11 Å². The Morgan fingerprint density at radius 1 is 1.24 bits per heavy atom. The average molecular weight is 232 g/mol. The quantitative estimate of drug-likeness (QED) is 0.824. The Labute approximate surface area is 105 Å². The van der Waals surface area contributed by atoms with Crippen LogP contribution in [-0.2, 0) is 6.42 Å². The largest absolute Gasteiger partial charge is 0.389 e. The predicted molar refractivity (Wildman–Crippen MR) is 72.3 cm³/mol. The average Bonchev–Trinajstić information content (AvgIpc) is 2.54. The first-order valence-corrected chi connectivity index (χ1v) is 6.71. The number of aryl methyl sites for hydroxylation is 3. The lowest BCUT2D eigenvalue weighted by Gasteiger charge is -2.29. The molecule has 1 heteroatoms. The maximum absolute atomic E-state index is 10.7. The van der Waals surface area contributed by atoms with Crippen molar-refractivity contribution in [1.29, 1.82) is 0 Å². The van der Waals surface area contributed by atoms with E-state index >= 15 is 0 Å². The van der Waals surface area contributed by atoms with Crippen molar-refractivity contribution < 1.29 is 5.11 Å². The highest BCUT2D eigenvalue weighted by molar-refractivity contribution is 5.38. The maximum atomic E-state index is 10.7. The van der Waals surface area contributed by atoms with E-state index in [1.54, 1.807) is 0 Å². The van der Waals surface area contributed by atoms with E-state index in [2.05, 4.69) is 39.8 Å². The molecule has 94 valence electrons. The van der Waals surface area contributed by atoms with Crippen molar-refractivity contribution in [3.8, 4) is 0 Å². The van der Waals surface area contributed by atoms with Crippen molar-refractivity contribution in [1.82, 2.24) is 0 Å². The summed E-state index contributed by atoms with van der Waals surface area (Å²) in [4.78, 5) is 0. The smallest absolute Gasteiger partial charge is 0.0713 e. The fourth-order valence-electron chi connectivity index (χ4n) is 3.29. The second-order valence-corrected chi connectivity index (χ2v) is 5.95. The van der Waals surface area contributed by atoms with Crippen molar-refractivity contribution >= 4 is 0 Å². The van der Waals surface area contributed by atoms with Crippen LogP contribution in [0.4, 0.5) is 0 Å². The molecule has 0 aliphatic heterocycles. The van der Waals surface area contributed by atoms with Gasteiger partial charge in [-0.1, -0.05) is 31.0 Å². The van der Waals surface area contributed by atoms with Crippen LogP contribution in [0.3, 0.4) is 0 Å². The van der Waals surface area contributed by atoms with Gasteiger partial charge >= 0.3 is 0 Å². The highest BCUT2D eigenvalue weighted by atomic mass is 16.3. The van der Waals surface area contributed by atoms with Crippen LogP contribution in [0.2, 0.25) is 0 Å². The third-order valence-corrected chi connectivity index (χ3v) is 4.49. The zero-order valence-electron chi connectivity index (χ0n) is 11.5. The minimum Gasteiger partial charge on any atom is -0.389 e. The first-order valence-electron chi connectivity index (χ1n) is 6.71. The Hall–Kier alpha value is -0.820. The van der Waals surface area contributed by atoms with Gasteiger partial charge in [-0.3, -0.25) is 0 Å². The zero-order chi connectivity index (χ0) is 12.6. The second kappa shape index (κ2) is 4.45. The lowest BCUT2D eigenvalue weighted by Crippen LogP contribution is -2.34. The van der Waals surface area contributed by atoms with Gasteiger partial charge in [0.05, 0.1) is 5.60 Å². The van der Waals surface area contributed by atoms with Crippen LogP contribution >= 0.6 is 0 Å². The van der Waals surface area contributed by atoms with Crippen molar-refractivity contribution in [2.45, 2.75) is 59.0 Å². The lowest BCUT2D eigenvalue weighted by atomic mass is 9.83. The number of hydrogen-bond donors (Lipinski definition) is 1. The number of aliphatic hydroxyl groups is 1. The molecular weight excluding hydrogens is 208 g/mol. The first-order chi connectivity index (χ1) is 7.92. The van der Waals surface area contributed by atoms with Gasteiger partial charge in [0.1, 0.15) is 0 Å². The topological polar surface area (TPSA) is 20.2 Å². The van der Waals surface area contributed by atoms with E-state index in [1.165, 1.54) is 35.1 Å². The maximum Gasteiger partial charge on any atom is 0.0713 e. The molecule has 1 nitrogen and oxygen atoms in total. The fourth-order valence-corrected chi connectivity index (χ4v) is 3.29. The summed E-state index contributed by atoms with van der Waals surface area (Å²) < 4.78 is 0. The third-order valence-electron chi connectivity index (χ3n) is 4.49. The van der Waals surface area contributed by atoms with Crippen LogP contribution in [0.5, 0.6) is 0 Å². The minimum atomic E-state index is -0.467. The van der Waals surface area contributed by atoms with Gasteiger partial charge in [0.15, 0.2) is 0 Å². The molecule has 0 bridgehead atoms. The Morgan fingerprint density at radius 2 is 1.82 bits per heavy atom. The van der Waals surface area contributed by atoms with Crippen LogP contribution in [-0.4, -0.2) is 10.7 Å². The summed E-state index contributed by atoms with van der Waals surface area (Å²) in [6.07, 6.45) is 4.12. The molecular formula is C16H24O. The molecule has 1 aromatic rings. The molecule has 0 amide bonds. The Morgan fingerprint density at radius 3 is 2.29 bits per heavy atom. The van der Waals surface area contributed by atoms with E-state index < -0.39 is 5.60 Å². The standard InChI is InChI=1S/C16H24O/c1-11-8-12(2)15(13(3)9-11)10-16(17)7-5-6-14(16)4/h8-9,14,17H,5-7,10H2,1-4H3. The molecule has 1 fully saturated rings. The number of hydrogen-bond acceptors (Lipinski definition) is 1.